The topological polar surface area (TPSA) is 12.4 Å². The maximum atomic E-state index is 5.99. The molecular formula is C17H16ClNS. The molecule has 1 heterocycles. The minimum atomic E-state index is 0.370. The number of para-hydroxylation sites is 1. The molecule has 0 bridgehead atoms. The molecule has 0 saturated carbocycles. The van der Waals surface area contributed by atoms with Gasteiger partial charge in [-0.25, -0.2) is 4.99 Å². The van der Waals surface area contributed by atoms with Gasteiger partial charge < -0.3 is 0 Å². The number of hydrogen-bond acceptors (Lipinski definition) is 2. The van der Waals surface area contributed by atoms with E-state index in [1.165, 1.54) is 16.2 Å². The summed E-state index contributed by atoms with van der Waals surface area (Å²) in [6.45, 7) is 0. The van der Waals surface area contributed by atoms with Crippen LogP contribution in [-0.2, 0) is 6.42 Å². The van der Waals surface area contributed by atoms with Crippen molar-refractivity contribution in [1.29, 1.82) is 0 Å². The van der Waals surface area contributed by atoms with Crippen LogP contribution >= 0.6 is 23.4 Å². The average Bonchev–Trinajstić information content (AvgIpc) is 2.67. The molecule has 1 aliphatic heterocycles. The van der Waals surface area contributed by atoms with Gasteiger partial charge in [-0.3, -0.25) is 0 Å². The molecule has 2 aromatic carbocycles. The molecule has 0 fully saturated rings. The van der Waals surface area contributed by atoms with Crippen molar-refractivity contribution in [3.8, 4) is 0 Å². The van der Waals surface area contributed by atoms with Crippen molar-refractivity contribution in [1.82, 2.24) is 0 Å². The molecule has 0 radical (unpaired) electrons. The van der Waals surface area contributed by atoms with Crippen LogP contribution in [0.5, 0.6) is 0 Å². The second-order valence-electron chi connectivity index (χ2n) is 4.93. The van der Waals surface area contributed by atoms with Crippen LogP contribution in [0.1, 0.15) is 23.5 Å². The summed E-state index contributed by atoms with van der Waals surface area (Å²) in [5, 5.41) is 1.98. The lowest BCUT2D eigenvalue weighted by Gasteiger charge is -2.16. The number of halogens is 1. The second-order valence-corrected chi connectivity index (χ2v) is 6.19. The molecule has 0 aliphatic carbocycles. The zero-order valence-corrected chi connectivity index (χ0v) is 12.9. The molecule has 0 unspecified atom stereocenters. The molecule has 2 aromatic rings. The van der Waals surface area contributed by atoms with Crippen LogP contribution < -0.4 is 0 Å². The summed E-state index contributed by atoms with van der Waals surface area (Å²) in [5.74, 6) is 0.370. The summed E-state index contributed by atoms with van der Waals surface area (Å²) in [6, 6.07) is 16.6. The first-order chi connectivity index (χ1) is 9.78. The normalized spacial score (nSPS) is 18.1. The number of thioether (sulfide) groups is 1. The molecule has 1 aliphatic rings. The van der Waals surface area contributed by atoms with E-state index in [0.717, 1.165) is 23.6 Å². The van der Waals surface area contributed by atoms with Gasteiger partial charge in [-0.1, -0.05) is 41.9 Å². The quantitative estimate of drug-likeness (QED) is 0.681. The van der Waals surface area contributed by atoms with E-state index < -0.39 is 0 Å². The average molecular weight is 302 g/mol. The predicted molar refractivity (Wildman–Crippen MR) is 89.6 cm³/mol. The van der Waals surface area contributed by atoms with Crippen LogP contribution in [0.4, 0.5) is 5.69 Å². The van der Waals surface area contributed by atoms with Crippen LogP contribution in [0, 0.1) is 0 Å². The fraction of sp³-hybridized carbons (Fsp3) is 0.235. The number of nitrogens with zero attached hydrogens (tertiary/aromatic N) is 1. The van der Waals surface area contributed by atoms with Crippen molar-refractivity contribution >= 4 is 34.1 Å². The van der Waals surface area contributed by atoms with Crippen molar-refractivity contribution in [2.75, 3.05) is 6.26 Å². The highest BCUT2D eigenvalue weighted by Gasteiger charge is 2.21. The van der Waals surface area contributed by atoms with Crippen LogP contribution in [0.2, 0.25) is 5.02 Å². The Morgan fingerprint density at radius 3 is 2.60 bits per heavy atom. The van der Waals surface area contributed by atoms with Gasteiger partial charge in [-0.2, -0.15) is 0 Å². The van der Waals surface area contributed by atoms with Crippen molar-refractivity contribution in [3.63, 3.8) is 0 Å². The summed E-state index contributed by atoms with van der Waals surface area (Å²) in [5.41, 5.74) is 3.76. The van der Waals surface area contributed by atoms with Gasteiger partial charge in [0.2, 0.25) is 0 Å². The van der Waals surface area contributed by atoms with Crippen LogP contribution in [-0.4, -0.2) is 11.3 Å². The number of benzene rings is 2. The monoisotopic (exact) mass is 301 g/mol. The molecule has 20 heavy (non-hydrogen) atoms. The Morgan fingerprint density at radius 1 is 1.10 bits per heavy atom. The highest BCUT2D eigenvalue weighted by atomic mass is 35.5. The van der Waals surface area contributed by atoms with Crippen molar-refractivity contribution < 1.29 is 0 Å². The molecule has 1 nitrogen and oxygen atoms in total. The molecule has 3 heteroatoms. The van der Waals surface area contributed by atoms with Crippen molar-refractivity contribution in [3.05, 3.63) is 64.7 Å². The van der Waals surface area contributed by atoms with Crippen LogP contribution in [0.25, 0.3) is 0 Å². The Balaban J connectivity index is 2.00. The zero-order valence-electron chi connectivity index (χ0n) is 11.3. The van der Waals surface area contributed by atoms with Gasteiger partial charge in [0, 0.05) is 10.9 Å². The fourth-order valence-electron chi connectivity index (χ4n) is 2.64. The van der Waals surface area contributed by atoms with E-state index in [1.54, 1.807) is 11.8 Å². The number of hydrogen-bond donors (Lipinski definition) is 0. The Labute approximate surface area is 129 Å². The highest BCUT2D eigenvalue weighted by Crippen LogP contribution is 2.35. The molecule has 0 saturated heterocycles. The van der Waals surface area contributed by atoms with E-state index in [-0.39, 0.29) is 0 Å². The fourth-order valence-corrected chi connectivity index (χ4v) is 3.50. The number of rotatable bonds is 1. The Hall–Kier alpha value is -1.25. The first-order valence-corrected chi connectivity index (χ1v) is 8.34. The van der Waals surface area contributed by atoms with Crippen LogP contribution in [0.3, 0.4) is 0 Å². The molecule has 0 amide bonds. The molecule has 3 rings (SSSR count). The van der Waals surface area contributed by atoms with E-state index in [1.807, 2.05) is 12.1 Å². The Morgan fingerprint density at radius 2 is 1.85 bits per heavy atom. The summed E-state index contributed by atoms with van der Waals surface area (Å²) >= 11 is 7.74. The molecule has 1 atom stereocenters. The van der Waals surface area contributed by atoms with Gasteiger partial charge in [0.25, 0.3) is 0 Å². The minimum Gasteiger partial charge on any atom is -0.246 e. The minimum absolute atomic E-state index is 0.370. The highest BCUT2D eigenvalue weighted by molar-refractivity contribution is 8.13. The van der Waals surface area contributed by atoms with Gasteiger partial charge in [-0.15, -0.1) is 11.8 Å². The third-order valence-electron chi connectivity index (χ3n) is 3.70. The van der Waals surface area contributed by atoms with Crippen molar-refractivity contribution in [2.24, 2.45) is 4.99 Å². The first kappa shape index (κ1) is 13.7. The summed E-state index contributed by atoms with van der Waals surface area (Å²) in [7, 11) is 0. The third kappa shape index (κ3) is 2.77. The zero-order chi connectivity index (χ0) is 13.9. The smallest absolute Gasteiger partial charge is 0.0811 e. The van der Waals surface area contributed by atoms with E-state index in [9.17, 15) is 0 Å². The molecular weight excluding hydrogens is 286 g/mol. The van der Waals surface area contributed by atoms with Gasteiger partial charge >= 0.3 is 0 Å². The lowest BCUT2D eigenvalue weighted by Crippen LogP contribution is -2.08. The summed E-state index contributed by atoms with van der Waals surface area (Å²) in [4.78, 5) is 4.88. The maximum Gasteiger partial charge on any atom is 0.0811 e. The summed E-state index contributed by atoms with van der Waals surface area (Å²) < 4.78 is 0. The summed E-state index contributed by atoms with van der Waals surface area (Å²) in [6.07, 6.45) is 4.27. The van der Waals surface area contributed by atoms with Gasteiger partial charge in [0.15, 0.2) is 0 Å². The first-order valence-electron chi connectivity index (χ1n) is 6.74. The molecule has 0 spiro atoms. The SMILES string of the molecule is CSC1=Nc2ccccc2CC[C@H]1c1ccc(Cl)cc1. The lowest BCUT2D eigenvalue weighted by atomic mass is 9.94. The number of aliphatic imine (C=N–C) groups is 1. The van der Waals surface area contributed by atoms with E-state index in [2.05, 4.69) is 42.7 Å². The standard InChI is InChI=1S/C17H16ClNS/c1-20-17-15(12-6-9-14(18)10-7-12)11-8-13-4-2-3-5-16(13)19-17/h2-7,9-10,15H,8,11H2,1H3/t15-/m0/s1. The molecule has 0 N–H and O–H groups in total. The Kier molecular flexibility index (Phi) is 4.13. The number of aryl methyl sites for hydroxylation is 1. The van der Waals surface area contributed by atoms with Gasteiger partial charge in [0.05, 0.1) is 10.7 Å². The van der Waals surface area contributed by atoms with Crippen LogP contribution in [0.15, 0.2) is 53.5 Å². The van der Waals surface area contributed by atoms with Gasteiger partial charge in [0.1, 0.15) is 0 Å². The third-order valence-corrected chi connectivity index (χ3v) is 4.75. The van der Waals surface area contributed by atoms with Crippen molar-refractivity contribution in [2.45, 2.75) is 18.8 Å². The van der Waals surface area contributed by atoms with E-state index >= 15 is 0 Å². The number of fused-ring (bicyclic) bond motifs is 1. The largest absolute Gasteiger partial charge is 0.246 e. The van der Waals surface area contributed by atoms with E-state index in [0.29, 0.717) is 5.92 Å². The second kappa shape index (κ2) is 6.02. The molecule has 0 aromatic heterocycles. The molecule has 102 valence electrons. The Bertz CT molecular complexity index is 634. The lowest BCUT2D eigenvalue weighted by molar-refractivity contribution is 0.782. The van der Waals surface area contributed by atoms with E-state index in [4.69, 9.17) is 16.6 Å². The van der Waals surface area contributed by atoms with Gasteiger partial charge in [-0.05, 0) is 48.4 Å². The predicted octanol–water partition coefficient (Wildman–Crippen LogP) is 5.46. The maximum absolute atomic E-state index is 5.99.